The van der Waals surface area contributed by atoms with Crippen LogP contribution in [0.15, 0.2) is 72.3 Å². The van der Waals surface area contributed by atoms with Crippen LogP contribution in [0, 0.1) is 18.3 Å². The normalized spacial score (nSPS) is 11.9. The molecular formula is C28H27ClN2O3. The third kappa shape index (κ3) is 6.63. The van der Waals surface area contributed by atoms with Crippen molar-refractivity contribution in [3.8, 4) is 17.6 Å². The summed E-state index contributed by atoms with van der Waals surface area (Å²) >= 11 is 6.52. The number of nitrogens with zero attached hydrogens (tertiary/aromatic N) is 1. The number of hydrogen-bond acceptors (Lipinski definition) is 4. The molecule has 0 fully saturated rings. The topological polar surface area (TPSA) is 71.3 Å². The van der Waals surface area contributed by atoms with Crippen LogP contribution in [0.3, 0.4) is 0 Å². The molecule has 174 valence electrons. The fourth-order valence-electron chi connectivity index (χ4n) is 3.45. The number of nitriles is 1. The number of carbonyl (C=O) groups is 1. The largest absolute Gasteiger partial charge is 0.490 e. The van der Waals surface area contributed by atoms with E-state index >= 15 is 0 Å². The Morgan fingerprint density at radius 3 is 2.56 bits per heavy atom. The Kier molecular flexibility index (Phi) is 8.73. The number of nitrogens with one attached hydrogen (secondary N) is 1. The summed E-state index contributed by atoms with van der Waals surface area (Å²) in [5.74, 6) is 0.403. The first-order valence-electron chi connectivity index (χ1n) is 11.0. The van der Waals surface area contributed by atoms with Gasteiger partial charge in [0.1, 0.15) is 18.2 Å². The highest BCUT2D eigenvalue weighted by molar-refractivity contribution is 6.32. The van der Waals surface area contributed by atoms with E-state index in [1.54, 1.807) is 12.1 Å². The van der Waals surface area contributed by atoms with Gasteiger partial charge in [0, 0.05) is 0 Å². The molecule has 34 heavy (non-hydrogen) atoms. The van der Waals surface area contributed by atoms with E-state index < -0.39 is 5.91 Å². The van der Waals surface area contributed by atoms with Crippen LogP contribution in [0.4, 0.5) is 0 Å². The Labute approximate surface area is 205 Å². The Morgan fingerprint density at radius 1 is 1.12 bits per heavy atom. The van der Waals surface area contributed by atoms with Gasteiger partial charge in [-0.2, -0.15) is 5.26 Å². The molecule has 1 atom stereocenters. The molecule has 0 aliphatic rings. The van der Waals surface area contributed by atoms with Crippen LogP contribution in [0.2, 0.25) is 5.02 Å². The SMILES string of the molecule is CCOc1cc(/C=C(/C#N)C(=O)N[C@H](C)c2ccccc2)cc(Cl)c1OCc1cccc(C)c1. The van der Waals surface area contributed by atoms with E-state index in [1.165, 1.54) is 6.08 Å². The number of aryl methyl sites for hydroxylation is 1. The standard InChI is InChI=1S/C28H27ClN2O3/c1-4-33-26-16-22(15-25(29)27(26)34-18-21-10-8-9-19(2)13-21)14-24(17-30)28(32)31-20(3)23-11-6-5-7-12-23/h5-16,20H,4,18H2,1-3H3,(H,31,32)/b24-14-/t20-/m1/s1. The Morgan fingerprint density at radius 2 is 1.88 bits per heavy atom. The van der Waals surface area contributed by atoms with Crippen molar-refractivity contribution in [1.82, 2.24) is 5.32 Å². The van der Waals surface area contributed by atoms with E-state index in [9.17, 15) is 10.1 Å². The first kappa shape index (κ1) is 24.9. The second-order valence-electron chi connectivity index (χ2n) is 7.82. The molecule has 0 unspecified atom stereocenters. The maximum absolute atomic E-state index is 12.7. The average Bonchev–Trinajstić information content (AvgIpc) is 2.82. The summed E-state index contributed by atoms with van der Waals surface area (Å²) in [7, 11) is 0. The van der Waals surface area contributed by atoms with Crippen molar-refractivity contribution < 1.29 is 14.3 Å². The second kappa shape index (κ2) is 11.9. The van der Waals surface area contributed by atoms with Gasteiger partial charge >= 0.3 is 0 Å². The van der Waals surface area contributed by atoms with E-state index in [0.717, 1.165) is 16.7 Å². The first-order valence-corrected chi connectivity index (χ1v) is 11.4. The Bertz CT molecular complexity index is 1220. The van der Waals surface area contributed by atoms with Gasteiger partial charge in [-0.05, 0) is 55.7 Å². The van der Waals surface area contributed by atoms with Crippen LogP contribution in [-0.2, 0) is 11.4 Å². The van der Waals surface area contributed by atoms with Crippen molar-refractivity contribution >= 4 is 23.6 Å². The predicted octanol–water partition coefficient (Wildman–Crippen LogP) is 6.41. The summed E-state index contributed by atoms with van der Waals surface area (Å²) in [6.45, 7) is 6.49. The number of rotatable bonds is 9. The van der Waals surface area contributed by atoms with Crippen LogP contribution >= 0.6 is 11.6 Å². The smallest absolute Gasteiger partial charge is 0.262 e. The first-order chi connectivity index (χ1) is 16.4. The van der Waals surface area contributed by atoms with Gasteiger partial charge in [0.25, 0.3) is 5.91 Å². The van der Waals surface area contributed by atoms with E-state index in [2.05, 4.69) is 5.32 Å². The summed E-state index contributed by atoms with van der Waals surface area (Å²) < 4.78 is 11.7. The molecule has 6 heteroatoms. The maximum Gasteiger partial charge on any atom is 0.262 e. The lowest BCUT2D eigenvalue weighted by Crippen LogP contribution is -2.27. The molecule has 0 aliphatic carbocycles. The van der Waals surface area contributed by atoms with Crippen molar-refractivity contribution in [2.45, 2.75) is 33.4 Å². The van der Waals surface area contributed by atoms with Gasteiger partial charge in [0.15, 0.2) is 11.5 Å². The van der Waals surface area contributed by atoms with Gasteiger partial charge in [-0.15, -0.1) is 0 Å². The minimum atomic E-state index is -0.465. The molecule has 3 aromatic carbocycles. The highest BCUT2D eigenvalue weighted by Crippen LogP contribution is 2.38. The van der Waals surface area contributed by atoms with Crippen molar-refractivity contribution in [2.24, 2.45) is 0 Å². The number of amides is 1. The zero-order chi connectivity index (χ0) is 24.5. The number of benzene rings is 3. The second-order valence-corrected chi connectivity index (χ2v) is 8.22. The van der Waals surface area contributed by atoms with Crippen molar-refractivity contribution in [1.29, 1.82) is 5.26 Å². The zero-order valence-electron chi connectivity index (χ0n) is 19.5. The molecule has 0 radical (unpaired) electrons. The fourth-order valence-corrected chi connectivity index (χ4v) is 3.72. The van der Waals surface area contributed by atoms with Crippen LogP contribution in [-0.4, -0.2) is 12.5 Å². The molecular weight excluding hydrogens is 448 g/mol. The molecule has 1 N–H and O–H groups in total. The van der Waals surface area contributed by atoms with Crippen LogP contribution < -0.4 is 14.8 Å². The number of halogens is 1. The van der Waals surface area contributed by atoms with Gasteiger partial charge in [0.2, 0.25) is 0 Å². The molecule has 0 saturated heterocycles. The van der Waals surface area contributed by atoms with Gasteiger partial charge in [-0.3, -0.25) is 4.79 Å². The van der Waals surface area contributed by atoms with E-state index in [4.69, 9.17) is 21.1 Å². The Hall–Kier alpha value is -3.75. The molecule has 0 heterocycles. The van der Waals surface area contributed by atoms with Gasteiger partial charge in [-0.1, -0.05) is 71.8 Å². The average molecular weight is 475 g/mol. The maximum atomic E-state index is 12.7. The van der Waals surface area contributed by atoms with Crippen molar-refractivity contribution in [3.05, 3.63) is 99.6 Å². The summed E-state index contributed by atoms with van der Waals surface area (Å²) in [5.41, 5.74) is 3.63. The lowest BCUT2D eigenvalue weighted by Gasteiger charge is -2.15. The van der Waals surface area contributed by atoms with Gasteiger partial charge in [-0.25, -0.2) is 0 Å². The van der Waals surface area contributed by atoms with Crippen LogP contribution in [0.1, 0.15) is 42.1 Å². The zero-order valence-corrected chi connectivity index (χ0v) is 20.2. The molecule has 3 aromatic rings. The predicted molar refractivity (Wildman–Crippen MR) is 135 cm³/mol. The number of hydrogen-bond donors (Lipinski definition) is 1. The molecule has 0 spiro atoms. The number of ether oxygens (including phenoxy) is 2. The molecule has 0 aliphatic heterocycles. The molecule has 0 bridgehead atoms. The van der Waals surface area contributed by atoms with Crippen LogP contribution in [0.25, 0.3) is 6.08 Å². The lowest BCUT2D eigenvalue weighted by atomic mass is 10.1. The number of carbonyl (C=O) groups excluding carboxylic acids is 1. The summed E-state index contributed by atoms with van der Waals surface area (Å²) in [6, 6.07) is 22.7. The van der Waals surface area contributed by atoms with Gasteiger partial charge < -0.3 is 14.8 Å². The summed E-state index contributed by atoms with van der Waals surface area (Å²) in [4.78, 5) is 12.7. The monoisotopic (exact) mass is 474 g/mol. The fraction of sp³-hybridized carbons (Fsp3) is 0.214. The highest BCUT2D eigenvalue weighted by atomic mass is 35.5. The Balaban J connectivity index is 1.82. The third-order valence-corrected chi connectivity index (χ3v) is 5.40. The van der Waals surface area contributed by atoms with E-state index in [1.807, 2.05) is 81.4 Å². The molecule has 3 rings (SSSR count). The molecule has 1 amide bonds. The minimum absolute atomic E-state index is 0.0327. The quantitative estimate of drug-likeness (QED) is 0.287. The van der Waals surface area contributed by atoms with Crippen molar-refractivity contribution in [2.75, 3.05) is 6.61 Å². The van der Waals surface area contributed by atoms with E-state index in [-0.39, 0.29) is 11.6 Å². The summed E-state index contributed by atoms with van der Waals surface area (Å²) in [5, 5.41) is 12.8. The van der Waals surface area contributed by atoms with E-state index in [0.29, 0.717) is 35.3 Å². The molecule has 0 aromatic heterocycles. The van der Waals surface area contributed by atoms with Crippen molar-refractivity contribution in [3.63, 3.8) is 0 Å². The molecule has 0 saturated carbocycles. The lowest BCUT2D eigenvalue weighted by molar-refractivity contribution is -0.117. The highest BCUT2D eigenvalue weighted by Gasteiger charge is 2.16. The molecule has 5 nitrogen and oxygen atoms in total. The van der Waals surface area contributed by atoms with Crippen LogP contribution in [0.5, 0.6) is 11.5 Å². The minimum Gasteiger partial charge on any atom is -0.490 e. The summed E-state index contributed by atoms with van der Waals surface area (Å²) in [6.07, 6.45) is 1.49. The van der Waals surface area contributed by atoms with Gasteiger partial charge in [0.05, 0.1) is 17.7 Å². The third-order valence-electron chi connectivity index (χ3n) is 5.12.